The second-order valence-corrected chi connectivity index (χ2v) is 4.08. The predicted molar refractivity (Wildman–Crippen MR) is 55.4 cm³/mol. The molecule has 0 unspecified atom stereocenters. The minimum atomic E-state index is -5.51. The van der Waals surface area contributed by atoms with Crippen molar-refractivity contribution in [3.05, 3.63) is 33.2 Å². The molecule has 3 N–H and O–H groups in total. The van der Waals surface area contributed by atoms with Crippen LogP contribution in [0, 0.1) is 0 Å². The van der Waals surface area contributed by atoms with Crippen molar-refractivity contribution in [3.63, 3.8) is 0 Å². The molecule has 0 fully saturated rings. The maximum Gasteiger partial charge on any atom is 0.417 e. The van der Waals surface area contributed by atoms with Crippen LogP contribution in [0.5, 0.6) is 0 Å². The number of H-pyrrole nitrogens is 1. The fourth-order valence-electron chi connectivity index (χ4n) is 1.48. The van der Waals surface area contributed by atoms with E-state index in [0.29, 0.717) is 0 Å². The molecule has 0 spiro atoms. The lowest BCUT2D eigenvalue weighted by atomic mass is 10.0. The van der Waals surface area contributed by atoms with Gasteiger partial charge in [-0.1, -0.05) is 0 Å². The van der Waals surface area contributed by atoms with Gasteiger partial charge in [-0.2, -0.15) is 30.7 Å². The Morgan fingerprint density at radius 2 is 1.64 bits per heavy atom. The van der Waals surface area contributed by atoms with Crippen LogP contribution in [0.2, 0.25) is 0 Å². The molecule has 1 aromatic rings. The largest absolute Gasteiger partial charge is 0.417 e. The average molecular weight is 338 g/mol. The Hall–Kier alpha value is -2.14. The number of hydrogen-bond donors (Lipinski definition) is 2. The molecule has 0 aromatic carbocycles. The van der Waals surface area contributed by atoms with Crippen molar-refractivity contribution >= 4 is 5.91 Å². The van der Waals surface area contributed by atoms with E-state index in [2.05, 4.69) is 5.73 Å². The van der Waals surface area contributed by atoms with Crippen LogP contribution in [0.4, 0.5) is 35.1 Å². The number of pyridine rings is 1. The number of halogens is 8. The van der Waals surface area contributed by atoms with E-state index in [1.807, 2.05) is 0 Å². The van der Waals surface area contributed by atoms with Crippen LogP contribution in [-0.4, -0.2) is 23.5 Å². The van der Waals surface area contributed by atoms with Crippen molar-refractivity contribution in [1.29, 1.82) is 0 Å². The van der Waals surface area contributed by atoms with Crippen molar-refractivity contribution in [1.82, 2.24) is 4.98 Å². The summed E-state index contributed by atoms with van der Waals surface area (Å²) < 4.78 is 102. The maximum absolute atomic E-state index is 13.4. The van der Waals surface area contributed by atoms with E-state index in [0.717, 1.165) is 4.98 Å². The van der Waals surface area contributed by atoms with E-state index < -0.39 is 59.0 Å². The van der Waals surface area contributed by atoms with Crippen molar-refractivity contribution < 1.29 is 39.9 Å². The maximum atomic E-state index is 13.4. The van der Waals surface area contributed by atoms with Crippen LogP contribution in [0.3, 0.4) is 0 Å². The molecule has 0 saturated carbocycles. The van der Waals surface area contributed by atoms with Gasteiger partial charge in [0.25, 0.3) is 11.5 Å². The van der Waals surface area contributed by atoms with Gasteiger partial charge in [0, 0.05) is 0 Å². The monoisotopic (exact) mass is 338 g/mol. The summed E-state index contributed by atoms with van der Waals surface area (Å²) in [4.78, 5) is 23.1. The van der Waals surface area contributed by atoms with Crippen molar-refractivity contribution in [2.75, 3.05) is 6.67 Å². The molecule has 1 amide bonds. The topological polar surface area (TPSA) is 76.0 Å². The summed E-state index contributed by atoms with van der Waals surface area (Å²) in [5.74, 6) is -12.7. The van der Waals surface area contributed by atoms with Crippen molar-refractivity contribution in [2.45, 2.75) is 18.0 Å². The lowest BCUT2D eigenvalue weighted by Gasteiger charge is -2.24. The zero-order chi connectivity index (χ0) is 17.5. The van der Waals surface area contributed by atoms with Gasteiger partial charge >= 0.3 is 18.0 Å². The Morgan fingerprint density at radius 1 is 1.14 bits per heavy atom. The van der Waals surface area contributed by atoms with E-state index in [4.69, 9.17) is 0 Å². The molecular formula is C10H6F8N2O2. The average Bonchev–Trinajstić information content (AvgIpc) is 2.35. The molecule has 124 valence electrons. The number of hydrogen-bond acceptors (Lipinski definition) is 2. The zero-order valence-corrected chi connectivity index (χ0v) is 10.2. The Balaban J connectivity index is 3.73. The zero-order valence-electron chi connectivity index (χ0n) is 10.2. The number of carbonyl (C=O) groups is 1. The first-order valence-corrected chi connectivity index (χ1v) is 5.22. The number of alkyl halides is 8. The van der Waals surface area contributed by atoms with Gasteiger partial charge in [0.05, 0.1) is 11.3 Å². The highest BCUT2D eigenvalue weighted by atomic mass is 19.4. The van der Waals surface area contributed by atoms with Gasteiger partial charge in [-0.15, -0.1) is 0 Å². The molecule has 0 saturated heterocycles. The van der Waals surface area contributed by atoms with Crippen molar-refractivity contribution in [2.24, 2.45) is 5.73 Å². The lowest BCUT2D eigenvalue weighted by Crippen LogP contribution is -2.42. The Labute approximate surface area is 115 Å². The van der Waals surface area contributed by atoms with Crippen LogP contribution < -0.4 is 11.3 Å². The first-order valence-electron chi connectivity index (χ1n) is 5.22. The third-order valence-corrected chi connectivity index (χ3v) is 2.55. The summed E-state index contributed by atoms with van der Waals surface area (Å²) in [5, 5.41) is 0. The van der Waals surface area contributed by atoms with E-state index in [9.17, 15) is 44.7 Å². The molecule has 12 heteroatoms. The molecule has 0 aliphatic carbocycles. The Kier molecular flexibility index (Phi) is 4.27. The number of aromatic amines is 1. The fourth-order valence-corrected chi connectivity index (χ4v) is 1.48. The predicted octanol–water partition coefficient (Wildman–Crippen LogP) is 2.19. The molecule has 0 aliphatic rings. The van der Waals surface area contributed by atoms with Crippen LogP contribution in [0.1, 0.15) is 21.6 Å². The number of primary amides is 1. The molecule has 1 aromatic heterocycles. The van der Waals surface area contributed by atoms with Crippen LogP contribution in [0.25, 0.3) is 0 Å². The molecule has 22 heavy (non-hydrogen) atoms. The third-order valence-electron chi connectivity index (χ3n) is 2.55. The smallest absolute Gasteiger partial charge is 0.365 e. The molecule has 0 radical (unpaired) electrons. The van der Waals surface area contributed by atoms with E-state index >= 15 is 0 Å². The van der Waals surface area contributed by atoms with E-state index in [1.54, 1.807) is 0 Å². The lowest BCUT2D eigenvalue weighted by molar-refractivity contribution is -0.225. The van der Waals surface area contributed by atoms with Crippen LogP contribution in [-0.2, 0) is 12.1 Å². The first-order chi connectivity index (χ1) is 9.75. The van der Waals surface area contributed by atoms with Crippen molar-refractivity contribution in [3.8, 4) is 0 Å². The van der Waals surface area contributed by atoms with Crippen LogP contribution in [0.15, 0.2) is 10.9 Å². The van der Waals surface area contributed by atoms with Gasteiger partial charge in [-0.05, 0) is 6.07 Å². The normalized spacial score (nSPS) is 13.3. The van der Waals surface area contributed by atoms with Gasteiger partial charge in [-0.25, -0.2) is 4.39 Å². The summed E-state index contributed by atoms with van der Waals surface area (Å²) in [5.41, 5.74) is -3.67. The molecule has 0 atom stereocenters. The van der Waals surface area contributed by atoms with E-state index in [1.165, 1.54) is 0 Å². The van der Waals surface area contributed by atoms with Gasteiger partial charge in [0.1, 0.15) is 5.56 Å². The van der Waals surface area contributed by atoms with E-state index in [-0.39, 0.29) is 0 Å². The van der Waals surface area contributed by atoms with Gasteiger partial charge in [-0.3, -0.25) is 9.59 Å². The Bertz CT molecular complexity index is 649. The highest BCUT2D eigenvalue weighted by Crippen LogP contribution is 2.43. The molecule has 1 heterocycles. The second kappa shape index (κ2) is 5.25. The molecular weight excluding hydrogens is 332 g/mol. The number of aromatic nitrogens is 1. The highest BCUT2D eigenvalue weighted by Gasteiger charge is 2.59. The van der Waals surface area contributed by atoms with Crippen LogP contribution >= 0.6 is 0 Å². The highest BCUT2D eigenvalue weighted by molar-refractivity contribution is 5.94. The molecule has 0 aliphatic heterocycles. The minimum absolute atomic E-state index is 0.578. The number of nitrogens with one attached hydrogen (secondary N) is 1. The second-order valence-electron chi connectivity index (χ2n) is 4.08. The molecule has 0 bridgehead atoms. The third kappa shape index (κ3) is 2.90. The summed E-state index contributed by atoms with van der Waals surface area (Å²) >= 11 is 0. The minimum Gasteiger partial charge on any atom is -0.365 e. The first kappa shape index (κ1) is 17.9. The number of nitrogens with two attached hydrogens (primary N) is 1. The number of rotatable bonds is 4. The summed E-state index contributed by atoms with van der Waals surface area (Å²) in [7, 11) is 0. The summed E-state index contributed by atoms with van der Waals surface area (Å²) in [6.45, 7) is -2.89. The summed E-state index contributed by atoms with van der Waals surface area (Å²) in [6.07, 6.45) is -5.51. The van der Waals surface area contributed by atoms with Gasteiger partial charge in [0.2, 0.25) is 0 Å². The van der Waals surface area contributed by atoms with Gasteiger partial charge < -0.3 is 10.7 Å². The standard InChI is InChI=1S/C10H6F8N2O2/c11-2-8(12,13)9(14,15)4-1-3(10(16,17)18)5(6(19)21)7(22)20-4/h1H,2H2,(H2,19,21)(H,20,22). The quantitative estimate of drug-likeness (QED) is 0.826. The number of amides is 1. The Morgan fingerprint density at radius 3 is 2.00 bits per heavy atom. The van der Waals surface area contributed by atoms with Gasteiger partial charge in [0.15, 0.2) is 6.67 Å². The fraction of sp³-hybridized carbons (Fsp3) is 0.400. The number of carbonyl (C=O) groups excluding carboxylic acids is 1. The molecule has 1 rings (SSSR count). The molecule has 4 nitrogen and oxygen atoms in total. The SMILES string of the molecule is NC(=O)c1c(C(F)(F)F)cc(C(F)(F)C(F)(F)CF)[nH]c1=O. The summed E-state index contributed by atoms with van der Waals surface area (Å²) in [6, 6.07) is -0.578.